The summed E-state index contributed by atoms with van der Waals surface area (Å²) in [6.45, 7) is 2.61. The monoisotopic (exact) mass is 400 g/mol. The van der Waals surface area contributed by atoms with Crippen molar-refractivity contribution in [1.82, 2.24) is 9.80 Å². The Labute approximate surface area is 168 Å². The summed E-state index contributed by atoms with van der Waals surface area (Å²) in [7, 11) is 0. The second-order valence-corrected chi connectivity index (χ2v) is 7.80. The number of nitrogens with zero attached hydrogens (tertiary/aromatic N) is 2. The highest BCUT2D eigenvalue weighted by atomic mass is 16.6. The number of carbonyl (C=O) groups is 4. The van der Waals surface area contributed by atoms with E-state index in [1.54, 1.807) is 21.9 Å². The van der Waals surface area contributed by atoms with Crippen LogP contribution < -0.4 is 0 Å². The van der Waals surface area contributed by atoms with Gasteiger partial charge in [-0.2, -0.15) is 0 Å². The minimum absolute atomic E-state index is 0.0265. The number of ether oxygens (including phenoxy) is 2. The van der Waals surface area contributed by atoms with Crippen molar-refractivity contribution < 1.29 is 28.7 Å². The van der Waals surface area contributed by atoms with Crippen LogP contribution in [-0.2, 0) is 23.9 Å². The maximum Gasteiger partial charge on any atom is 0.329 e. The zero-order valence-electron chi connectivity index (χ0n) is 16.3. The van der Waals surface area contributed by atoms with Crippen LogP contribution in [0.1, 0.15) is 43.0 Å². The lowest BCUT2D eigenvalue weighted by Gasteiger charge is -2.43. The van der Waals surface area contributed by atoms with Crippen LogP contribution in [0.3, 0.4) is 0 Å². The molecule has 6 fully saturated rings. The van der Waals surface area contributed by atoms with Crippen molar-refractivity contribution >= 4 is 23.8 Å². The second-order valence-electron chi connectivity index (χ2n) is 7.80. The van der Waals surface area contributed by atoms with Gasteiger partial charge in [-0.05, 0) is 37.8 Å². The molecule has 154 valence electrons. The highest BCUT2D eigenvalue weighted by molar-refractivity contribution is 5.97. The summed E-state index contributed by atoms with van der Waals surface area (Å²) in [5, 5.41) is 0. The van der Waals surface area contributed by atoms with Crippen molar-refractivity contribution in [3.8, 4) is 0 Å². The summed E-state index contributed by atoms with van der Waals surface area (Å²) in [5.74, 6) is -0.581. The van der Waals surface area contributed by atoms with Gasteiger partial charge in [0.2, 0.25) is 5.91 Å². The lowest BCUT2D eigenvalue weighted by Crippen LogP contribution is -2.59. The maximum atomic E-state index is 12.3. The van der Waals surface area contributed by atoms with Crippen molar-refractivity contribution in [2.75, 3.05) is 13.1 Å². The van der Waals surface area contributed by atoms with Gasteiger partial charge in [-0.1, -0.05) is 18.2 Å². The molecule has 0 aromatic heterocycles. The molecule has 0 spiro atoms. The first-order chi connectivity index (χ1) is 13.9. The zero-order chi connectivity index (χ0) is 20.5. The molecule has 1 aromatic carbocycles. The predicted molar refractivity (Wildman–Crippen MR) is 101 cm³/mol. The van der Waals surface area contributed by atoms with E-state index in [0.29, 0.717) is 18.7 Å². The number of benzene rings is 1. The molecule has 0 unspecified atom stereocenters. The largest absolute Gasteiger partial charge is 0.459 e. The molecule has 0 aliphatic carbocycles. The Kier molecular flexibility index (Phi) is 5.25. The van der Waals surface area contributed by atoms with Gasteiger partial charge in [-0.25, -0.2) is 9.59 Å². The Bertz CT molecular complexity index is 826. The topological polar surface area (TPSA) is 93.2 Å². The summed E-state index contributed by atoms with van der Waals surface area (Å²) in [6.07, 6.45) is 3.10. The quantitative estimate of drug-likeness (QED) is 0.657. The number of rotatable bonds is 1. The van der Waals surface area contributed by atoms with Gasteiger partial charge in [-0.15, -0.1) is 0 Å². The maximum absolute atomic E-state index is 12.3. The molecule has 2 amide bonds. The summed E-state index contributed by atoms with van der Waals surface area (Å²) >= 11 is 0. The lowest BCUT2D eigenvalue weighted by molar-refractivity contribution is -0.180. The number of piperidine rings is 2. The van der Waals surface area contributed by atoms with Gasteiger partial charge in [-0.3, -0.25) is 9.59 Å². The third-order valence-corrected chi connectivity index (χ3v) is 5.87. The Morgan fingerprint density at radius 3 is 1.79 bits per heavy atom. The van der Waals surface area contributed by atoms with Gasteiger partial charge in [0.25, 0.3) is 5.91 Å². The van der Waals surface area contributed by atoms with Crippen LogP contribution in [0.15, 0.2) is 30.3 Å². The average Bonchev–Trinajstić information content (AvgIpc) is 2.74. The number of hydrogen-bond donors (Lipinski definition) is 0. The van der Waals surface area contributed by atoms with E-state index in [9.17, 15) is 19.2 Å². The van der Waals surface area contributed by atoms with Crippen molar-refractivity contribution in [3.05, 3.63) is 35.9 Å². The zero-order valence-corrected chi connectivity index (χ0v) is 16.3. The first-order valence-electron chi connectivity index (χ1n) is 9.98. The van der Waals surface area contributed by atoms with E-state index in [4.69, 9.17) is 9.47 Å². The SMILES string of the molecule is CC(=O)N1C[C@@H]2CC[C@H]1C(=O)O2.O=C1O[C@H]2CC[C@@H]1N(C(=O)c1ccccc1)C2. The van der Waals surface area contributed by atoms with Crippen LogP contribution in [0.5, 0.6) is 0 Å². The Hall–Kier alpha value is -2.90. The van der Waals surface area contributed by atoms with E-state index >= 15 is 0 Å². The van der Waals surface area contributed by atoms with E-state index in [0.717, 1.165) is 25.7 Å². The lowest BCUT2D eigenvalue weighted by atomic mass is 9.95. The number of esters is 2. The highest BCUT2D eigenvalue weighted by Crippen LogP contribution is 2.29. The first kappa shape index (κ1) is 19.4. The molecule has 8 nitrogen and oxygen atoms in total. The molecule has 0 radical (unpaired) electrons. The molecule has 6 saturated heterocycles. The Morgan fingerprint density at radius 2 is 1.34 bits per heavy atom. The van der Waals surface area contributed by atoms with E-state index < -0.39 is 0 Å². The fraction of sp³-hybridized carbons (Fsp3) is 0.524. The van der Waals surface area contributed by atoms with Crippen LogP contribution in [0.25, 0.3) is 0 Å². The third kappa shape index (κ3) is 3.83. The van der Waals surface area contributed by atoms with E-state index in [2.05, 4.69) is 0 Å². The van der Waals surface area contributed by atoms with Gasteiger partial charge >= 0.3 is 11.9 Å². The predicted octanol–water partition coefficient (Wildman–Crippen LogP) is 1.14. The second kappa shape index (κ2) is 7.85. The molecule has 8 heteroatoms. The van der Waals surface area contributed by atoms with Gasteiger partial charge in [0.15, 0.2) is 0 Å². The van der Waals surface area contributed by atoms with Crippen molar-refractivity contribution in [2.45, 2.75) is 56.9 Å². The minimum Gasteiger partial charge on any atom is -0.459 e. The number of carbonyl (C=O) groups excluding carboxylic acids is 4. The molecular formula is C21H24N2O6. The van der Waals surface area contributed by atoms with Crippen LogP contribution in [-0.4, -0.2) is 70.9 Å². The molecular weight excluding hydrogens is 376 g/mol. The molecule has 0 saturated carbocycles. The van der Waals surface area contributed by atoms with Gasteiger partial charge in [0, 0.05) is 12.5 Å². The number of fused-ring (bicyclic) bond motifs is 6. The third-order valence-electron chi connectivity index (χ3n) is 5.87. The molecule has 6 aliphatic heterocycles. The van der Waals surface area contributed by atoms with Gasteiger partial charge < -0.3 is 19.3 Å². The van der Waals surface area contributed by atoms with E-state index in [1.807, 2.05) is 18.2 Å². The van der Waals surface area contributed by atoms with Crippen molar-refractivity contribution in [2.24, 2.45) is 0 Å². The van der Waals surface area contributed by atoms with Crippen LogP contribution in [0, 0.1) is 0 Å². The standard InChI is InChI=1S/C13H13NO3.C8H11NO3/c15-12(9-4-2-1-3-5-9)14-8-10-6-7-11(14)13(16)17-10;1-5(10)9-4-6-2-3-7(9)8(11)12-6/h1-5,10-11H,6-8H2;6-7H,2-4H2,1H3/t10-,11-;6-,7-/m00/s1. The first-order valence-corrected chi connectivity index (χ1v) is 9.98. The summed E-state index contributed by atoms with van der Waals surface area (Å²) < 4.78 is 10.2. The van der Waals surface area contributed by atoms with E-state index in [-0.39, 0.29) is 48.0 Å². The van der Waals surface area contributed by atoms with Crippen molar-refractivity contribution in [3.63, 3.8) is 0 Å². The van der Waals surface area contributed by atoms with Gasteiger partial charge in [0.1, 0.15) is 24.3 Å². The molecule has 6 heterocycles. The molecule has 6 aliphatic rings. The van der Waals surface area contributed by atoms with Crippen LogP contribution >= 0.6 is 0 Å². The molecule has 0 N–H and O–H groups in total. The molecule has 4 atom stereocenters. The normalized spacial score (nSPS) is 29.6. The molecule has 29 heavy (non-hydrogen) atoms. The van der Waals surface area contributed by atoms with E-state index in [1.165, 1.54) is 6.92 Å². The molecule has 1 aromatic rings. The van der Waals surface area contributed by atoms with Gasteiger partial charge in [0.05, 0.1) is 13.1 Å². The number of hydrogen-bond acceptors (Lipinski definition) is 6. The Morgan fingerprint density at radius 1 is 0.828 bits per heavy atom. The fourth-order valence-corrected chi connectivity index (χ4v) is 4.36. The summed E-state index contributed by atoms with van der Waals surface area (Å²) in [6, 6.07) is 8.39. The smallest absolute Gasteiger partial charge is 0.329 e. The summed E-state index contributed by atoms with van der Waals surface area (Å²) in [5.41, 5.74) is 0.632. The number of morpholine rings is 2. The summed E-state index contributed by atoms with van der Waals surface area (Å²) in [4.78, 5) is 49.3. The minimum atomic E-state index is -0.382. The van der Waals surface area contributed by atoms with Crippen LogP contribution in [0.4, 0.5) is 0 Å². The highest BCUT2D eigenvalue weighted by Gasteiger charge is 2.44. The van der Waals surface area contributed by atoms with Crippen molar-refractivity contribution in [1.29, 1.82) is 0 Å². The Balaban J connectivity index is 0.000000150. The molecule has 4 bridgehead atoms. The fourth-order valence-electron chi connectivity index (χ4n) is 4.36. The number of amides is 2. The van der Waals surface area contributed by atoms with Crippen LogP contribution in [0.2, 0.25) is 0 Å². The molecule has 7 rings (SSSR count). The average molecular weight is 400 g/mol.